The Morgan fingerprint density at radius 3 is 2.54 bits per heavy atom. The minimum atomic E-state index is -1.60. The average Bonchev–Trinajstić information content (AvgIpc) is 3.43. The van der Waals surface area contributed by atoms with Crippen molar-refractivity contribution in [1.29, 1.82) is 0 Å². The molecule has 3 heterocycles. The molecule has 2 saturated heterocycles. The third-order valence-electron chi connectivity index (χ3n) is 7.85. The molecule has 1 spiro atoms. The summed E-state index contributed by atoms with van der Waals surface area (Å²) in [6, 6.07) is 14.5. The monoisotopic (exact) mass is 540 g/mol. The second-order valence-corrected chi connectivity index (χ2v) is 10.2. The number of aliphatic hydroxyl groups excluding tert-OH is 3. The van der Waals surface area contributed by atoms with Gasteiger partial charge >= 0.3 is 0 Å². The smallest absolute Gasteiger partial charge is 0.194 e. The molecule has 2 aliphatic heterocycles. The summed E-state index contributed by atoms with van der Waals surface area (Å²) in [6.45, 7) is 0.506. The van der Waals surface area contributed by atoms with Crippen LogP contribution < -0.4 is 4.90 Å². The van der Waals surface area contributed by atoms with Crippen molar-refractivity contribution in [1.82, 2.24) is 15.0 Å². The summed E-state index contributed by atoms with van der Waals surface area (Å²) in [5.41, 5.74) is -0.210. The van der Waals surface area contributed by atoms with Gasteiger partial charge in [-0.3, -0.25) is 0 Å². The van der Waals surface area contributed by atoms with Gasteiger partial charge in [0.2, 0.25) is 0 Å². The molecule has 0 radical (unpaired) electrons. The van der Waals surface area contributed by atoms with Crippen LogP contribution in [0.5, 0.6) is 0 Å². The van der Waals surface area contributed by atoms with E-state index in [0.717, 1.165) is 35.1 Å². The molecular weight excluding hydrogens is 513 g/mol. The Labute approximate surface area is 221 Å². The van der Waals surface area contributed by atoms with Gasteiger partial charge in [-0.1, -0.05) is 41.6 Å². The summed E-state index contributed by atoms with van der Waals surface area (Å²) in [7, 11) is 0. The highest BCUT2D eigenvalue weighted by Gasteiger charge is 2.56. The van der Waals surface area contributed by atoms with Crippen molar-refractivity contribution >= 4 is 16.5 Å². The SMILES string of the molecule is OC[C@H]1O[C@@]2(CCCN(c3cccc4ccccc34)C2)[C@@H](O)[C@@H](n2cc(-c3cc(F)c(F)c(F)c3)nn2)[C@H]1O. The molecule has 39 heavy (non-hydrogen) atoms. The van der Waals surface area contributed by atoms with Gasteiger partial charge in [0.15, 0.2) is 17.5 Å². The molecule has 8 nitrogen and oxygen atoms in total. The van der Waals surface area contributed by atoms with E-state index >= 15 is 0 Å². The molecule has 0 amide bonds. The molecule has 4 aromatic rings. The quantitative estimate of drug-likeness (QED) is 0.342. The fourth-order valence-electron chi connectivity index (χ4n) is 5.94. The molecule has 0 aliphatic carbocycles. The minimum absolute atomic E-state index is 0.0225. The summed E-state index contributed by atoms with van der Waals surface area (Å²) in [6.07, 6.45) is -1.20. The number of halogens is 3. The first-order valence-electron chi connectivity index (χ1n) is 12.8. The number of aliphatic hydroxyl groups is 3. The minimum Gasteiger partial charge on any atom is -0.394 e. The van der Waals surface area contributed by atoms with Gasteiger partial charge in [0.25, 0.3) is 0 Å². The largest absolute Gasteiger partial charge is 0.394 e. The van der Waals surface area contributed by atoms with Crippen molar-refractivity contribution in [3.8, 4) is 11.3 Å². The fourth-order valence-corrected chi connectivity index (χ4v) is 5.94. The van der Waals surface area contributed by atoms with E-state index in [0.29, 0.717) is 12.8 Å². The van der Waals surface area contributed by atoms with E-state index in [1.54, 1.807) is 0 Å². The summed E-state index contributed by atoms with van der Waals surface area (Å²) >= 11 is 0. The van der Waals surface area contributed by atoms with Crippen LogP contribution in [0.3, 0.4) is 0 Å². The topological polar surface area (TPSA) is 104 Å². The highest BCUT2D eigenvalue weighted by Crippen LogP contribution is 2.43. The van der Waals surface area contributed by atoms with Gasteiger partial charge in [0.05, 0.1) is 12.8 Å². The Morgan fingerprint density at radius 1 is 1.03 bits per heavy atom. The number of ether oxygens (including phenoxy) is 1. The van der Waals surface area contributed by atoms with Crippen molar-refractivity contribution in [2.75, 3.05) is 24.6 Å². The Kier molecular flexibility index (Phi) is 6.54. The van der Waals surface area contributed by atoms with Gasteiger partial charge < -0.3 is 25.0 Å². The van der Waals surface area contributed by atoms with Crippen molar-refractivity contribution in [3.05, 3.63) is 78.2 Å². The molecule has 0 saturated carbocycles. The zero-order valence-electron chi connectivity index (χ0n) is 20.8. The number of aromatic nitrogens is 3. The van der Waals surface area contributed by atoms with E-state index in [2.05, 4.69) is 15.2 Å². The number of hydrogen-bond donors (Lipinski definition) is 3. The van der Waals surface area contributed by atoms with E-state index in [1.807, 2.05) is 42.5 Å². The van der Waals surface area contributed by atoms with Crippen LogP contribution in [0.25, 0.3) is 22.0 Å². The lowest BCUT2D eigenvalue weighted by Gasteiger charge is -2.54. The van der Waals surface area contributed by atoms with E-state index in [-0.39, 0.29) is 17.8 Å². The van der Waals surface area contributed by atoms with Crippen molar-refractivity contribution < 1.29 is 33.2 Å². The Morgan fingerprint density at radius 2 is 1.77 bits per heavy atom. The molecular formula is C28H27F3N4O4. The molecule has 3 N–H and O–H groups in total. The standard InChI is InChI=1S/C28H27F3N4O4/c29-19-11-17(12-20(30)24(19)31)21-13-35(33-32-21)25-26(37)23(14-36)39-28(27(25)38)9-4-10-34(15-28)22-8-3-6-16-5-1-2-7-18(16)22/h1-3,5-8,11-13,23,25-27,36-38H,4,9-10,14-15H2/t23-,25+,26+,27+,28-/m1/s1. The molecule has 2 fully saturated rings. The van der Waals surface area contributed by atoms with Crippen molar-refractivity contribution in [2.45, 2.75) is 42.8 Å². The van der Waals surface area contributed by atoms with Gasteiger partial charge in [-0.15, -0.1) is 5.10 Å². The molecule has 0 bridgehead atoms. The Hall–Kier alpha value is -3.51. The summed E-state index contributed by atoms with van der Waals surface area (Å²) in [5.74, 6) is -4.34. The maximum Gasteiger partial charge on any atom is 0.194 e. The lowest BCUT2D eigenvalue weighted by molar-refractivity contribution is -0.257. The number of fused-ring (bicyclic) bond motifs is 1. The molecule has 204 valence electrons. The lowest BCUT2D eigenvalue weighted by atomic mass is 9.78. The number of benzene rings is 3. The Bertz CT molecular complexity index is 1490. The molecule has 5 atom stereocenters. The van der Waals surface area contributed by atoms with Crippen LogP contribution in [0.4, 0.5) is 18.9 Å². The van der Waals surface area contributed by atoms with Gasteiger partial charge in [-0.05, 0) is 36.4 Å². The number of nitrogens with zero attached hydrogens (tertiary/aromatic N) is 4. The molecule has 2 aliphatic rings. The Balaban J connectivity index is 1.35. The van der Waals surface area contributed by atoms with Crippen molar-refractivity contribution in [3.63, 3.8) is 0 Å². The maximum absolute atomic E-state index is 13.8. The highest BCUT2D eigenvalue weighted by molar-refractivity contribution is 5.94. The number of hydrogen-bond acceptors (Lipinski definition) is 7. The number of rotatable bonds is 4. The van der Waals surface area contributed by atoms with Crippen LogP contribution in [-0.4, -0.2) is 73.9 Å². The molecule has 1 aromatic heterocycles. The zero-order valence-corrected chi connectivity index (χ0v) is 20.8. The number of piperidine rings is 1. The first-order valence-corrected chi connectivity index (χ1v) is 12.8. The van der Waals surface area contributed by atoms with Gasteiger partial charge in [0.1, 0.15) is 35.6 Å². The van der Waals surface area contributed by atoms with Crippen LogP contribution in [0.15, 0.2) is 60.8 Å². The first kappa shape index (κ1) is 25.8. The third-order valence-corrected chi connectivity index (χ3v) is 7.85. The molecule has 0 unspecified atom stereocenters. The second-order valence-electron chi connectivity index (χ2n) is 10.2. The zero-order chi connectivity index (χ0) is 27.3. The van der Waals surface area contributed by atoms with E-state index in [4.69, 9.17) is 4.74 Å². The predicted molar refractivity (Wildman–Crippen MR) is 136 cm³/mol. The maximum atomic E-state index is 13.8. The second kappa shape index (κ2) is 9.91. The first-order chi connectivity index (χ1) is 18.8. The molecule has 3 aromatic carbocycles. The summed E-state index contributed by atoms with van der Waals surface area (Å²) < 4.78 is 48.6. The van der Waals surface area contributed by atoms with Crippen LogP contribution >= 0.6 is 0 Å². The number of anilines is 1. The third kappa shape index (κ3) is 4.35. The van der Waals surface area contributed by atoms with E-state index in [9.17, 15) is 28.5 Å². The van der Waals surface area contributed by atoms with Crippen LogP contribution in [0, 0.1) is 17.5 Å². The lowest BCUT2D eigenvalue weighted by Crippen LogP contribution is -2.67. The van der Waals surface area contributed by atoms with E-state index < -0.39 is 54.0 Å². The molecule has 6 rings (SSSR count). The van der Waals surface area contributed by atoms with Crippen molar-refractivity contribution in [2.24, 2.45) is 0 Å². The van der Waals surface area contributed by atoms with Crippen LogP contribution in [0.2, 0.25) is 0 Å². The average molecular weight is 541 g/mol. The van der Waals surface area contributed by atoms with Crippen LogP contribution in [0.1, 0.15) is 18.9 Å². The summed E-state index contributed by atoms with van der Waals surface area (Å²) in [5, 5.41) is 43.0. The summed E-state index contributed by atoms with van der Waals surface area (Å²) in [4.78, 5) is 2.13. The van der Waals surface area contributed by atoms with E-state index in [1.165, 1.54) is 10.9 Å². The van der Waals surface area contributed by atoms with Gasteiger partial charge in [-0.25, -0.2) is 17.9 Å². The van der Waals surface area contributed by atoms with Crippen LogP contribution in [-0.2, 0) is 4.74 Å². The fraction of sp³-hybridized carbons (Fsp3) is 0.357. The van der Waals surface area contributed by atoms with Gasteiger partial charge in [-0.2, -0.15) is 0 Å². The molecule has 11 heteroatoms. The highest BCUT2D eigenvalue weighted by atomic mass is 19.2. The predicted octanol–water partition coefficient (Wildman–Crippen LogP) is 3.21. The normalized spacial score (nSPS) is 27.4. The van der Waals surface area contributed by atoms with Gasteiger partial charge in [0, 0.05) is 29.7 Å².